The Hall–Kier alpha value is -2.10. The molecular weight excluding hydrogens is 388 g/mol. The van der Waals surface area contributed by atoms with Gasteiger partial charge in [0, 0.05) is 10.9 Å². The number of ether oxygens (including phenoxy) is 2. The van der Waals surface area contributed by atoms with Crippen molar-refractivity contribution in [2.45, 2.75) is 31.1 Å². The van der Waals surface area contributed by atoms with E-state index in [0.717, 1.165) is 19.3 Å². The Morgan fingerprint density at radius 2 is 1.93 bits per heavy atom. The molecule has 0 fully saturated rings. The van der Waals surface area contributed by atoms with Gasteiger partial charge in [0.2, 0.25) is 0 Å². The van der Waals surface area contributed by atoms with Crippen LogP contribution in [0.1, 0.15) is 33.5 Å². The third kappa shape index (κ3) is 4.26. The largest absolute Gasteiger partial charge is 0.493 e. The number of sulfonamides is 1. The first-order valence-electron chi connectivity index (χ1n) is 8.50. The van der Waals surface area contributed by atoms with Crippen LogP contribution in [0, 0.1) is 5.92 Å². The zero-order chi connectivity index (χ0) is 19.6. The van der Waals surface area contributed by atoms with Crippen LogP contribution in [0.15, 0.2) is 29.2 Å². The minimum Gasteiger partial charge on any atom is -0.493 e. The molecule has 146 valence electrons. The van der Waals surface area contributed by atoms with Gasteiger partial charge in [0.25, 0.3) is 15.9 Å². The number of carbonyl (C=O) groups is 1. The topological polar surface area (TPSA) is 93.7 Å². The molecule has 1 amide bonds. The number of fused-ring (bicyclic) bond motifs is 1. The molecule has 1 aromatic carbocycles. The first-order valence-corrected chi connectivity index (χ1v) is 10.8. The van der Waals surface area contributed by atoms with Gasteiger partial charge in [0.1, 0.15) is 0 Å². The first-order chi connectivity index (χ1) is 12.8. The van der Waals surface area contributed by atoms with Crippen LogP contribution < -0.4 is 19.7 Å². The van der Waals surface area contributed by atoms with E-state index in [0.29, 0.717) is 16.5 Å². The zero-order valence-electron chi connectivity index (χ0n) is 15.4. The number of nitrogens with one attached hydrogen (secondary N) is 2. The number of aryl methyl sites for hydroxylation is 1. The molecule has 0 radical (unpaired) electrons. The molecule has 1 heterocycles. The summed E-state index contributed by atoms with van der Waals surface area (Å²) in [6.07, 6.45) is 3.03. The number of amides is 1. The van der Waals surface area contributed by atoms with Crippen molar-refractivity contribution in [1.29, 1.82) is 0 Å². The summed E-state index contributed by atoms with van der Waals surface area (Å²) >= 11 is 1.42. The van der Waals surface area contributed by atoms with E-state index in [2.05, 4.69) is 17.2 Å². The van der Waals surface area contributed by atoms with Gasteiger partial charge in [-0.2, -0.15) is 0 Å². The number of hydrogen-bond acceptors (Lipinski definition) is 6. The molecule has 1 aromatic heterocycles. The number of carbonyl (C=O) groups excluding carboxylic acids is 1. The van der Waals surface area contributed by atoms with Crippen molar-refractivity contribution in [3.8, 4) is 11.5 Å². The summed E-state index contributed by atoms with van der Waals surface area (Å²) in [5.74, 6) is 0.836. The molecule has 0 saturated heterocycles. The molecule has 0 spiro atoms. The molecule has 1 atom stereocenters. The van der Waals surface area contributed by atoms with Crippen LogP contribution in [-0.2, 0) is 22.9 Å². The minimum atomic E-state index is -3.94. The molecule has 1 aliphatic rings. The van der Waals surface area contributed by atoms with Gasteiger partial charge in [-0.15, -0.1) is 16.2 Å². The molecule has 2 N–H and O–H groups in total. The maximum Gasteiger partial charge on any atom is 0.276 e. The summed E-state index contributed by atoms with van der Waals surface area (Å²) in [4.78, 5) is 16.2. The number of methoxy groups -OCH3 is 2. The second kappa shape index (κ2) is 7.87. The normalized spacial score (nSPS) is 16.5. The lowest BCUT2D eigenvalue weighted by molar-refractivity contribution is 0.0949. The molecule has 0 aliphatic heterocycles. The van der Waals surface area contributed by atoms with E-state index in [1.54, 1.807) is 0 Å². The van der Waals surface area contributed by atoms with Crippen molar-refractivity contribution in [2.24, 2.45) is 5.92 Å². The second-order valence-corrected chi connectivity index (χ2v) is 9.30. The molecule has 2 aromatic rings. The third-order valence-corrected chi connectivity index (χ3v) is 7.00. The molecule has 9 heteroatoms. The van der Waals surface area contributed by atoms with Gasteiger partial charge < -0.3 is 9.47 Å². The van der Waals surface area contributed by atoms with Gasteiger partial charge in [-0.25, -0.2) is 8.42 Å². The predicted octanol–water partition coefficient (Wildman–Crippen LogP) is 2.51. The monoisotopic (exact) mass is 410 g/mol. The van der Waals surface area contributed by atoms with E-state index in [9.17, 15) is 13.2 Å². The Morgan fingerprint density at radius 1 is 1.19 bits per heavy atom. The molecule has 0 bridgehead atoms. The van der Waals surface area contributed by atoms with Crippen molar-refractivity contribution in [1.82, 2.24) is 10.3 Å². The summed E-state index contributed by atoms with van der Waals surface area (Å²) in [6, 6.07) is 6.05. The highest BCUT2D eigenvalue weighted by atomic mass is 32.2. The van der Waals surface area contributed by atoms with Crippen LogP contribution in [0.4, 0.5) is 0 Å². The number of rotatable bonds is 6. The van der Waals surface area contributed by atoms with E-state index in [1.165, 1.54) is 54.2 Å². The lowest BCUT2D eigenvalue weighted by atomic mass is 9.90. The average Bonchev–Trinajstić information content (AvgIpc) is 3.08. The molecule has 1 unspecified atom stereocenters. The lowest BCUT2D eigenvalue weighted by Gasteiger charge is -2.16. The number of hydrazine groups is 1. The van der Waals surface area contributed by atoms with Gasteiger partial charge in [-0.1, -0.05) is 6.92 Å². The lowest BCUT2D eigenvalue weighted by Crippen LogP contribution is -2.41. The maximum atomic E-state index is 12.5. The third-order valence-electron chi connectivity index (χ3n) is 4.52. The molecule has 7 nitrogen and oxygen atoms in total. The fourth-order valence-electron chi connectivity index (χ4n) is 3.04. The number of hydrogen-bond donors (Lipinski definition) is 2. The molecule has 1 aliphatic carbocycles. The van der Waals surface area contributed by atoms with E-state index in [1.807, 2.05) is 6.07 Å². The Balaban J connectivity index is 1.71. The van der Waals surface area contributed by atoms with Crippen molar-refractivity contribution in [2.75, 3.05) is 14.2 Å². The summed E-state index contributed by atoms with van der Waals surface area (Å²) < 4.78 is 35.1. The van der Waals surface area contributed by atoms with E-state index >= 15 is 0 Å². The van der Waals surface area contributed by atoms with Crippen molar-refractivity contribution >= 4 is 27.3 Å². The van der Waals surface area contributed by atoms with Crippen LogP contribution in [0.25, 0.3) is 0 Å². The maximum absolute atomic E-state index is 12.5. The standard InChI is InChI=1S/C18H22N2O5S2/c1-11-4-7-16-12(8-11)9-17(26-16)18(21)19-20-27(22,23)13-5-6-14(24-2)15(10-13)25-3/h5-6,9-11,20H,4,7-8H2,1-3H3,(H,19,21). The highest BCUT2D eigenvalue weighted by Gasteiger charge is 2.22. The van der Waals surface area contributed by atoms with Crippen LogP contribution >= 0.6 is 11.3 Å². The van der Waals surface area contributed by atoms with Gasteiger partial charge in [-0.3, -0.25) is 10.2 Å². The molecule has 3 rings (SSSR count). The van der Waals surface area contributed by atoms with Crippen molar-refractivity contribution in [3.05, 3.63) is 39.6 Å². The highest BCUT2D eigenvalue weighted by molar-refractivity contribution is 7.89. The average molecular weight is 411 g/mol. The van der Waals surface area contributed by atoms with E-state index in [4.69, 9.17) is 9.47 Å². The van der Waals surface area contributed by atoms with Gasteiger partial charge >= 0.3 is 0 Å². The van der Waals surface area contributed by atoms with Crippen LogP contribution in [0.3, 0.4) is 0 Å². The van der Waals surface area contributed by atoms with Crippen LogP contribution in [0.5, 0.6) is 11.5 Å². The van der Waals surface area contributed by atoms with Gasteiger partial charge in [0.05, 0.1) is 24.0 Å². The molecule has 0 saturated carbocycles. The Bertz CT molecular complexity index is 953. The van der Waals surface area contributed by atoms with Crippen molar-refractivity contribution < 1.29 is 22.7 Å². The Labute approximate surface area is 162 Å². The highest BCUT2D eigenvalue weighted by Crippen LogP contribution is 2.32. The summed E-state index contributed by atoms with van der Waals surface area (Å²) in [5.41, 5.74) is 3.47. The smallest absolute Gasteiger partial charge is 0.276 e. The minimum absolute atomic E-state index is 0.0419. The first kappa shape index (κ1) is 19.7. The summed E-state index contributed by atoms with van der Waals surface area (Å²) in [6.45, 7) is 2.19. The van der Waals surface area contributed by atoms with E-state index < -0.39 is 15.9 Å². The fraction of sp³-hybridized carbons (Fsp3) is 0.389. The van der Waals surface area contributed by atoms with Crippen LogP contribution in [-0.4, -0.2) is 28.5 Å². The molecule has 27 heavy (non-hydrogen) atoms. The molecular formula is C18H22N2O5S2. The SMILES string of the molecule is COc1ccc(S(=O)(=O)NNC(=O)c2cc3c(s2)CCC(C)C3)cc1OC. The van der Waals surface area contributed by atoms with E-state index in [-0.39, 0.29) is 10.6 Å². The Kier molecular flexibility index (Phi) is 5.73. The zero-order valence-corrected chi connectivity index (χ0v) is 17.0. The number of benzene rings is 1. The van der Waals surface area contributed by atoms with Gasteiger partial charge in [-0.05, 0) is 48.9 Å². The fourth-order valence-corrected chi connectivity index (χ4v) is 4.99. The van der Waals surface area contributed by atoms with Crippen molar-refractivity contribution in [3.63, 3.8) is 0 Å². The van der Waals surface area contributed by atoms with Gasteiger partial charge in [0.15, 0.2) is 11.5 Å². The summed E-state index contributed by atoms with van der Waals surface area (Å²) in [7, 11) is -1.06. The second-order valence-electron chi connectivity index (χ2n) is 6.48. The van der Waals surface area contributed by atoms with Crippen LogP contribution in [0.2, 0.25) is 0 Å². The predicted molar refractivity (Wildman–Crippen MR) is 103 cm³/mol. The summed E-state index contributed by atoms with van der Waals surface area (Å²) in [5, 5.41) is 0. The number of thiophene rings is 1. The quantitative estimate of drug-likeness (QED) is 0.714. The Morgan fingerprint density at radius 3 is 2.63 bits per heavy atom.